The van der Waals surface area contributed by atoms with E-state index in [0.717, 1.165) is 45.7 Å². The average Bonchev–Trinajstić information content (AvgIpc) is 3.74. The van der Waals surface area contributed by atoms with E-state index in [1.54, 1.807) is 18.5 Å². The highest BCUT2D eigenvalue weighted by Crippen LogP contribution is 2.36. The number of carbonyl (C=O) groups is 2. The minimum absolute atomic E-state index is 0.0136. The van der Waals surface area contributed by atoms with Crippen molar-refractivity contribution in [3.05, 3.63) is 107 Å². The third-order valence-corrected chi connectivity index (χ3v) is 10.6. The predicted octanol–water partition coefficient (Wildman–Crippen LogP) is 12.4. The van der Waals surface area contributed by atoms with Crippen molar-refractivity contribution in [1.29, 1.82) is 0 Å². The number of nitrogens with zero attached hydrogens (tertiary/aromatic N) is 2. The van der Waals surface area contributed by atoms with E-state index in [1.165, 1.54) is 32.1 Å². The molecule has 1 aromatic heterocycles. The highest BCUT2D eigenvalue weighted by molar-refractivity contribution is 9.10. The van der Waals surface area contributed by atoms with E-state index >= 15 is 0 Å². The van der Waals surface area contributed by atoms with Crippen molar-refractivity contribution in [2.75, 3.05) is 6.61 Å². The second kappa shape index (κ2) is 25.4. The summed E-state index contributed by atoms with van der Waals surface area (Å²) in [7, 11) is -0.462. The molecule has 1 aliphatic rings. The molecule has 0 saturated carbocycles. The highest BCUT2D eigenvalue weighted by Gasteiger charge is 2.51. The molecule has 3 aromatic carbocycles. The summed E-state index contributed by atoms with van der Waals surface area (Å²) in [6, 6.07) is 22.5. The highest BCUT2D eigenvalue weighted by atomic mass is 79.9. The van der Waals surface area contributed by atoms with Gasteiger partial charge in [-0.05, 0) is 129 Å². The van der Waals surface area contributed by atoms with Gasteiger partial charge in [-0.2, -0.15) is 0 Å². The van der Waals surface area contributed by atoms with E-state index in [9.17, 15) is 9.59 Å². The largest absolute Gasteiger partial charge is 0.494 e. The van der Waals surface area contributed by atoms with Gasteiger partial charge in [0.15, 0.2) is 0 Å². The zero-order valence-electron chi connectivity index (χ0n) is 40.6. The summed E-state index contributed by atoms with van der Waals surface area (Å²) in [5.74, 6) is 0.149. The molecule has 1 aliphatic heterocycles. The van der Waals surface area contributed by atoms with Crippen LogP contribution in [0.15, 0.2) is 89.9 Å². The Balaban J connectivity index is 0.000000443. The lowest BCUT2D eigenvalue weighted by molar-refractivity contribution is -0.157. The lowest BCUT2D eigenvalue weighted by Gasteiger charge is -2.32. The summed E-state index contributed by atoms with van der Waals surface area (Å²) in [4.78, 5) is 30.3. The molecule has 1 amide bonds. The van der Waals surface area contributed by atoms with Gasteiger partial charge >= 0.3 is 13.1 Å². The van der Waals surface area contributed by atoms with Gasteiger partial charge < -0.3 is 28.7 Å². The normalized spacial score (nSPS) is 14.5. The third-order valence-electron chi connectivity index (χ3n) is 10.2. The predicted molar refractivity (Wildman–Crippen MR) is 261 cm³/mol. The number of aromatic nitrogens is 2. The van der Waals surface area contributed by atoms with Crippen LogP contribution < -0.4 is 15.5 Å². The fourth-order valence-electron chi connectivity index (χ4n) is 6.01. The molecule has 1 atom stereocenters. The maximum Gasteiger partial charge on any atom is 0.494 e. The van der Waals surface area contributed by atoms with E-state index in [2.05, 4.69) is 67.8 Å². The second-order valence-electron chi connectivity index (χ2n) is 18.5. The first-order chi connectivity index (χ1) is 29.1. The molecule has 4 aromatic rings. The number of nitrogens with one attached hydrogen (secondary N) is 1. The van der Waals surface area contributed by atoms with Crippen molar-refractivity contribution >= 4 is 40.4 Å². The van der Waals surface area contributed by atoms with Gasteiger partial charge in [-0.1, -0.05) is 124 Å². The van der Waals surface area contributed by atoms with Crippen LogP contribution in [-0.2, 0) is 30.7 Å². The second-order valence-corrected chi connectivity index (χ2v) is 19.3. The first kappa shape index (κ1) is 54.2. The van der Waals surface area contributed by atoms with E-state index in [1.807, 2.05) is 134 Å². The molecule has 0 spiro atoms. The quantitative estimate of drug-likeness (QED) is 0.0764. The van der Waals surface area contributed by atoms with E-state index in [-0.39, 0.29) is 11.3 Å². The molecule has 2 heterocycles. The molecule has 0 aliphatic carbocycles. The van der Waals surface area contributed by atoms with Gasteiger partial charge in [0.2, 0.25) is 0 Å². The third kappa shape index (κ3) is 18.0. The molecule has 1 unspecified atom stereocenters. The van der Waals surface area contributed by atoms with Gasteiger partial charge in [0.1, 0.15) is 28.3 Å². The Labute approximate surface area is 383 Å². The fourth-order valence-corrected chi connectivity index (χ4v) is 6.32. The Morgan fingerprint density at radius 1 is 0.806 bits per heavy atom. The van der Waals surface area contributed by atoms with Crippen LogP contribution in [0.25, 0.3) is 5.69 Å². The van der Waals surface area contributed by atoms with Gasteiger partial charge in [0, 0.05) is 23.9 Å². The zero-order valence-corrected chi connectivity index (χ0v) is 42.2. The number of carbonyl (C=O) groups excluding carboxylic acids is 2. The van der Waals surface area contributed by atoms with Crippen LogP contribution in [0.4, 0.5) is 0 Å². The molecule has 1 fully saturated rings. The number of imidazole rings is 1. The first-order valence-corrected chi connectivity index (χ1v) is 23.4. The van der Waals surface area contributed by atoms with Crippen LogP contribution in [0.1, 0.15) is 164 Å². The van der Waals surface area contributed by atoms with Crippen LogP contribution in [0.5, 0.6) is 5.75 Å². The molecular formula is C51H77BBrN3O6. The summed E-state index contributed by atoms with van der Waals surface area (Å²) in [5, 5.41) is 2.89. The number of hydrogen-bond donors (Lipinski definition) is 1. The minimum atomic E-state index is -0.836. The number of esters is 1. The fraction of sp³-hybridized carbons (Fsp3) is 0.549. The molecule has 9 nitrogen and oxygen atoms in total. The Morgan fingerprint density at radius 3 is 1.84 bits per heavy atom. The molecule has 1 saturated heterocycles. The van der Waals surface area contributed by atoms with Crippen molar-refractivity contribution < 1.29 is 28.4 Å². The Morgan fingerprint density at radius 2 is 1.35 bits per heavy atom. The van der Waals surface area contributed by atoms with E-state index in [4.69, 9.17) is 18.8 Å². The standard InChI is InChI=1S/C30H42BNO5.C16H21BrN2O.C3H8.C2H6/c1-27(2,3)22-15-13-21(14-16-22)25(33)32-24(26(34)35-28(4,5)6)19-20-11-17-23(18-12-20)31-36-29(7,8)30(9,10)37-31;1-2-3-4-5-6-11-20-15-9-7-14(8-10-15)19-12-16(17)18-13-19;1-3-2;1-2/h11-18,24H,19H2,1-10H3,(H,32,33);7-10,12-13H,2-6,11H2,1H3;3H2,1-2H3;1-2H3. The van der Waals surface area contributed by atoms with Gasteiger partial charge in [-0.3, -0.25) is 4.79 Å². The van der Waals surface area contributed by atoms with Crippen molar-refractivity contribution in [2.24, 2.45) is 0 Å². The summed E-state index contributed by atoms with van der Waals surface area (Å²) >= 11 is 3.35. The topological polar surface area (TPSA) is 101 Å². The Hall–Kier alpha value is -3.93. The molecule has 0 bridgehead atoms. The monoisotopic (exact) mass is 918 g/mol. The molecule has 0 radical (unpaired) electrons. The van der Waals surface area contributed by atoms with Crippen LogP contribution >= 0.6 is 15.9 Å². The number of unbranched alkanes of at least 4 members (excludes halogenated alkanes) is 4. The number of hydrogen-bond acceptors (Lipinski definition) is 7. The molecule has 62 heavy (non-hydrogen) atoms. The van der Waals surface area contributed by atoms with Crippen LogP contribution in [0.3, 0.4) is 0 Å². The lowest BCUT2D eigenvalue weighted by Crippen LogP contribution is -2.45. The van der Waals surface area contributed by atoms with Crippen molar-refractivity contribution in [2.45, 2.75) is 177 Å². The molecule has 5 rings (SSSR count). The summed E-state index contributed by atoms with van der Waals surface area (Å²) in [6.07, 6.45) is 11.6. The van der Waals surface area contributed by atoms with Gasteiger partial charge in [0.25, 0.3) is 5.91 Å². The number of halogens is 1. The maximum absolute atomic E-state index is 13.1. The van der Waals surface area contributed by atoms with Gasteiger partial charge in [0.05, 0.1) is 17.8 Å². The van der Waals surface area contributed by atoms with Crippen LogP contribution in [-0.4, -0.2) is 58.0 Å². The van der Waals surface area contributed by atoms with Gasteiger partial charge in [-0.25, -0.2) is 9.78 Å². The Bertz CT molecular complexity index is 1880. The zero-order chi connectivity index (χ0) is 46.7. The van der Waals surface area contributed by atoms with Crippen molar-refractivity contribution in [3.63, 3.8) is 0 Å². The molecule has 342 valence electrons. The minimum Gasteiger partial charge on any atom is -0.494 e. The lowest BCUT2D eigenvalue weighted by atomic mass is 9.78. The average molecular weight is 919 g/mol. The SMILES string of the molecule is CC.CC(C)(C)OC(=O)C(Cc1ccc(B2OC(C)(C)C(C)(C)O2)cc1)NC(=O)c1ccc(C(C)(C)C)cc1.CCC.CCCCCCCOc1ccc(-n2cnc(Br)c2)cc1. The van der Waals surface area contributed by atoms with E-state index < -0.39 is 35.9 Å². The maximum atomic E-state index is 13.1. The number of rotatable bonds is 14. The smallest absolute Gasteiger partial charge is 0.494 e. The van der Waals surface area contributed by atoms with Crippen molar-refractivity contribution in [3.8, 4) is 11.4 Å². The summed E-state index contributed by atoms with van der Waals surface area (Å²) in [5.41, 5.74) is 2.97. The molecule has 11 heteroatoms. The summed E-state index contributed by atoms with van der Waals surface area (Å²) in [6.45, 7) is 31.2. The Kier molecular flexibility index (Phi) is 22.2. The number of amides is 1. The van der Waals surface area contributed by atoms with Crippen LogP contribution in [0.2, 0.25) is 0 Å². The first-order valence-electron chi connectivity index (χ1n) is 22.6. The molecule has 1 N–H and O–H groups in total. The number of ether oxygens (including phenoxy) is 2. The van der Waals surface area contributed by atoms with Crippen molar-refractivity contribution in [1.82, 2.24) is 14.9 Å². The number of benzene rings is 3. The molecular weight excluding hydrogens is 841 g/mol. The van der Waals surface area contributed by atoms with E-state index in [0.29, 0.717) is 12.0 Å². The van der Waals surface area contributed by atoms with Gasteiger partial charge in [-0.15, -0.1) is 0 Å². The van der Waals surface area contributed by atoms with Crippen LogP contribution in [0, 0.1) is 0 Å². The summed E-state index contributed by atoms with van der Waals surface area (Å²) < 4.78 is 26.5.